The van der Waals surface area contributed by atoms with Gasteiger partial charge in [-0.1, -0.05) is 66.1 Å². The predicted molar refractivity (Wildman–Crippen MR) is 127 cm³/mol. The quantitative estimate of drug-likeness (QED) is 0.391. The molecule has 0 N–H and O–H groups in total. The van der Waals surface area contributed by atoms with Gasteiger partial charge in [-0.15, -0.1) is 0 Å². The lowest BCUT2D eigenvalue weighted by Gasteiger charge is -2.68. The Morgan fingerprint density at radius 3 is 2.55 bits per heavy atom. The van der Waals surface area contributed by atoms with Crippen molar-refractivity contribution in [2.75, 3.05) is 6.61 Å². The molecule has 0 spiro atoms. The van der Waals surface area contributed by atoms with Crippen LogP contribution in [0.4, 0.5) is 0 Å². The maximum Gasteiger partial charge on any atom is 0.296 e. The number of hydrogen-bond acceptors (Lipinski definition) is 4. The molecule has 0 saturated heterocycles. The molecule has 4 nitrogen and oxygen atoms in total. The first kappa shape index (κ1) is 21.6. The predicted octanol–water partition coefficient (Wildman–Crippen LogP) is 5.67. The van der Waals surface area contributed by atoms with Gasteiger partial charge in [0.15, 0.2) is 0 Å². The standard InChI is InChI=1S/C28H32O4S/c1-19-10-12-23(13-11-19)33(29,30)32-18-27-22-15-20(2)24(16-22)26(27)25-9-6-14-28(25,27)31-17-21-7-4-3-5-8-21/h3-5,7-8,10-13,15,22,24-26H,6,9,14,16-18H2,1-2H3/t22-,24-,25+,26+,27+,28-/m1/s1. The summed E-state index contributed by atoms with van der Waals surface area (Å²) in [5.41, 5.74) is 3.12. The fourth-order valence-corrected chi connectivity index (χ4v) is 8.88. The Bertz CT molecular complexity index is 1190. The molecule has 0 radical (unpaired) electrons. The van der Waals surface area contributed by atoms with Gasteiger partial charge >= 0.3 is 0 Å². The lowest BCUT2D eigenvalue weighted by molar-refractivity contribution is -0.294. The molecule has 0 aromatic heterocycles. The van der Waals surface area contributed by atoms with Crippen LogP contribution >= 0.6 is 0 Å². The largest absolute Gasteiger partial charge is 0.369 e. The first-order valence-corrected chi connectivity index (χ1v) is 13.6. The maximum absolute atomic E-state index is 13.1. The molecule has 2 aromatic rings. The summed E-state index contributed by atoms with van der Waals surface area (Å²) in [6.45, 7) is 4.98. The number of rotatable bonds is 7. The number of ether oxygens (including phenoxy) is 1. The highest BCUT2D eigenvalue weighted by Crippen LogP contribution is 2.79. The molecule has 4 aliphatic carbocycles. The molecule has 2 aromatic carbocycles. The summed E-state index contributed by atoms with van der Waals surface area (Å²) in [6, 6.07) is 17.2. The van der Waals surface area contributed by atoms with Crippen molar-refractivity contribution in [3.8, 4) is 0 Å². The van der Waals surface area contributed by atoms with Gasteiger partial charge in [-0.25, -0.2) is 0 Å². The number of allylic oxidation sites excluding steroid dienone is 2. The molecule has 6 atom stereocenters. The van der Waals surface area contributed by atoms with Crippen LogP contribution < -0.4 is 0 Å². The van der Waals surface area contributed by atoms with Crippen molar-refractivity contribution in [3.05, 3.63) is 77.4 Å². The van der Waals surface area contributed by atoms with Gasteiger partial charge in [0, 0.05) is 5.41 Å². The Kier molecular flexibility index (Phi) is 4.92. The first-order chi connectivity index (χ1) is 15.9. The Morgan fingerprint density at radius 1 is 1.03 bits per heavy atom. The van der Waals surface area contributed by atoms with E-state index < -0.39 is 10.1 Å². The van der Waals surface area contributed by atoms with Crippen molar-refractivity contribution in [2.45, 2.75) is 56.6 Å². The highest BCUT2D eigenvalue weighted by Gasteiger charge is 2.81. The van der Waals surface area contributed by atoms with Gasteiger partial charge in [0.05, 0.1) is 23.7 Å². The number of aryl methyl sites for hydroxylation is 1. The molecule has 3 fully saturated rings. The molecule has 3 saturated carbocycles. The molecular weight excluding hydrogens is 432 g/mol. The number of fused-ring (bicyclic) bond motifs is 8. The summed E-state index contributed by atoms with van der Waals surface area (Å²) in [5, 5.41) is 0. The van der Waals surface area contributed by atoms with Crippen LogP contribution in [0.5, 0.6) is 0 Å². The smallest absolute Gasteiger partial charge is 0.296 e. The average molecular weight is 465 g/mol. The van der Waals surface area contributed by atoms with Crippen LogP contribution in [0.15, 0.2) is 71.1 Å². The average Bonchev–Trinajstić information content (AvgIpc) is 3.45. The van der Waals surface area contributed by atoms with Crippen LogP contribution in [0.3, 0.4) is 0 Å². The Labute approximate surface area is 197 Å². The minimum absolute atomic E-state index is 0.212. The van der Waals surface area contributed by atoms with E-state index >= 15 is 0 Å². The third-order valence-corrected chi connectivity index (χ3v) is 10.5. The first-order valence-electron chi connectivity index (χ1n) is 12.2. The minimum Gasteiger partial charge on any atom is -0.369 e. The van der Waals surface area contributed by atoms with E-state index in [0.717, 1.165) is 24.8 Å². The van der Waals surface area contributed by atoms with Gasteiger partial charge in [0.1, 0.15) is 0 Å². The van der Waals surface area contributed by atoms with Gasteiger partial charge in [-0.05, 0) is 74.5 Å². The van der Waals surface area contributed by atoms with E-state index in [0.29, 0.717) is 30.3 Å². The molecule has 0 heterocycles. The van der Waals surface area contributed by atoms with Gasteiger partial charge in [-0.2, -0.15) is 8.42 Å². The van der Waals surface area contributed by atoms with Gasteiger partial charge < -0.3 is 4.74 Å². The molecule has 174 valence electrons. The summed E-state index contributed by atoms with van der Waals surface area (Å²) in [6.07, 6.45) is 6.80. The van der Waals surface area contributed by atoms with Crippen LogP contribution in [0.1, 0.15) is 43.7 Å². The molecule has 2 bridgehead atoms. The van der Waals surface area contributed by atoms with Crippen molar-refractivity contribution >= 4 is 10.1 Å². The lowest BCUT2D eigenvalue weighted by atomic mass is 9.41. The summed E-state index contributed by atoms with van der Waals surface area (Å²) >= 11 is 0. The second-order valence-corrected chi connectivity index (χ2v) is 12.2. The summed E-state index contributed by atoms with van der Waals surface area (Å²) < 4.78 is 39.0. The zero-order valence-electron chi connectivity index (χ0n) is 19.4. The number of hydrogen-bond donors (Lipinski definition) is 0. The van der Waals surface area contributed by atoms with E-state index in [9.17, 15) is 8.42 Å². The normalized spacial score (nSPS) is 36.2. The second kappa shape index (κ2) is 7.53. The van der Waals surface area contributed by atoms with Gasteiger partial charge in [-0.3, -0.25) is 4.18 Å². The van der Waals surface area contributed by atoms with Crippen molar-refractivity contribution in [3.63, 3.8) is 0 Å². The zero-order chi connectivity index (χ0) is 22.8. The van der Waals surface area contributed by atoms with Crippen molar-refractivity contribution in [1.29, 1.82) is 0 Å². The summed E-state index contributed by atoms with van der Waals surface area (Å²) in [5.74, 6) is 1.81. The van der Waals surface area contributed by atoms with Gasteiger partial charge in [0.2, 0.25) is 0 Å². The lowest BCUT2D eigenvalue weighted by Crippen LogP contribution is -2.73. The molecule has 4 aliphatic rings. The van der Waals surface area contributed by atoms with Crippen LogP contribution in [0, 0.1) is 36.0 Å². The second-order valence-electron chi connectivity index (χ2n) is 10.6. The zero-order valence-corrected chi connectivity index (χ0v) is 20.2. The minimum atomic E-state index is -3.82. The van der Waals surface area contributed by atoms with Crippen LogP contribution in [-0.2, 0) is 25.6 Å². The third-order valence-electron chi connectivity index (χ3n) is 9.23. The molecular formula is C28H32O4S. The Balaban J connectivity index is 1.33. The van der Waals surface area contributed by atoms with E-state index in [-0.39, 0.29) is 22.5 Å². The third kappa shape index (κ3) is 2.98. The molecule has 0 amide bonds. The fraction of sp³-hybridized carbons (Fsp3) is 0.500. The van der Waals surface area contributed by atoms with E-state index in [1.807, 2.05) is 37.3 Å². The van der Waals surface area contributed by atoms with Gasteiger partial charge in [0.25, 0.3) is 10.1 Å². The molecule has 5 heteroatoms. The Hall–Kier alpha value is -1.95. The van der Waals surface area contributed by atoms with Crippen molar-refractivity contribution < 1.29 is 17.3 Å². The van der Waals surface area contributed by atoms with Crippen LogP contribution in [-0.4, -0.2) is 20.6 Å². The molecule has 0 unspecified atom stereocenters. The molecule has 33 heavy (non-hydrogen) atoms. The Morgan fingerprint density at radius 2 is 1.79 bits per heavy atom. The topological polar surface area (TPSA) is 52.6 Å². The van der Waals surface area contributed by atoms with E-state index in [1.165, 1.54) is 17.6 Å². The van der Waals surface area contributed by atoms with Crippen LogP contribution in [0.2, 0.25) is 0 Å². The van der Waals surface area contributed by atoms with E-state index in [4.69, 9.17) is 8.92 Å². The molecule has 6 rings (SSSR count). The maximum atomic E-state index is 13.1. The number of benzene rings is 2. The van der Waals surface area contributed by atoms with Crippen LogP contribution in [0.25, 0.3) is 0 Å². The highest BCUT2D eigenvalue weighted by molar-refractivity contribution is 7.86. The highest BCUT2D eigenvalue weighted by atomic mass is 32.2. The fourth-order valence-electron chi connectivity index (χ4n) is 7.93. The summed E-state index contributed by atoms with van der Waals surface area (Å²) in [7, 11) is -3.82. The van der Waals surface area contributed by atoms with Crippen molar-refractivity contribution in [1.82, 2.24) is 0 Å². The van der Waals surface area contributed by atoms with E-state index in [2.05, 4.69) is 25.1 Å². The van der Waals surface area contributed by atoms with E-state index in [1.54, 1.807) is 12.1 Å². The monoisotopic (exact) mass is 464 g/mol. The van der Waals surface area contributed by atoms with Crippen molar-refractivity contribution in [2.24, 2.45) is 29.1 Å². The molecule has 0 aliphatic heterocycles. The SMILES string of the molecule is CC1=C[C@@H]2C[C@H]1[C@H]1[C@@H]3CCC[C@]3(OCc3ccccc3)[C@]12COS(=O)(=O)c1ccc(C)cc1. The summed E-state index contributed by atoms with van der Waals surface area (Å²) in [4.78, 5) is 0.234.